The highest BCUT2D eigenvalue weighted by atomic mass is 79.9. The van der Waals surface area contributed by atoms with Gasteiger partial charge in [0.15, 0.2) is 23.3 Å². The molecule has 1 rings (SSSR count). The maximum atomic E-state index is 13.2. The summed E-state index contributed by atoms with van der Waals surface area (Å²) in [6, 6.07) is 0. The Labute approximate surface area is 96.0 Å². The number of halogens is 5. The molecule has 1 N–H and O–H groups in total. The molecule has 0 heterocycles. The third-order valence-electron chi connectivity index (χ3n) is 2.05. The van der Waals surface area contributed by atoms with Gasteiger partial charge in [-0.2, -0.15) is 0 Å². The summed E-state index contributed by atoms with van der Waals surface area (Å²) < 4.78 is 51.6. The summed E-state index contributed by atoms with van der Waals surface area (Å²) in [4.78, 5) is 10.5. The number of hydrogen-bond donors (Lipinski definition) is 1. The minimum atomic E-state index is -1.71. The van der Waals surface area contributed by atoms with Gasteiger partial charge in [0.2, 0.25) is 0 Å². The van der Waals surface area contributed by atoms with Gasteiger partial charge in [0.25, 0.3) is 0 Å². The fourth-order valence-corrected chi connectivity index (χ4v) is 1.47. The molecule has 7 heteroatoms. The van der Waals surface area contributed by atoms with Gasteiger partial charge in [0, 0.05) is 5.56 Å². The Hall–Kier alpha value is -1.11. The Morgan fingerprint density at radius 2 is 1.50 bits per heavy atom. The smallest absolute Gasteiger partial charge is 0.310 e. The van der Waals surface area contributed by atoms with E-state index in [1.807, 2.05) is 0 Å². The zero-order chi connectivity index (χ0) is 12.6. The molecule has 88 valence electrons. The minimum Gasteiger partial charge on any atom is -0.481 e. The molecule has 16 heavy (non-hydrogen) atoms. The number of carboxylic acid groups (broad SMARTS) is 1. The quantitative estimate of drug-likeness (QED) is 0.517. The molecule has 0 spiro atoms. The van der Waals surface area contributed by atoms with Crippen molar-refractivity contribution in [2.24, 2.45) is 0 Å². The minimum absolute atomic E-state index is 0.927. The van der Waals surface area contributed by atoms with Crippen LogP contribution in [0, 0.1) is 23.3 Å². The topological polar surface area (TPSA) is 37.3 Å². The van der Waals surface area contributed by atoms with Gasteiger partial charge in [-0.15, -0.1) is 0 Å². The summed E-state index contributed by atoms with van der Waals surface area (Å²) in [5.74, 6) is -9.98. The van der Waals surface area contributed by atoms with Crippen molar-refractivity contribution in [3.63, 3.8) is 0 Å². The normalized spacial score (nSPS) is 12.6. The molecule has 0 aliphatic carbocycles. The lowest BCUT2D eigenvalue weighted by molar-refractivity contribution is -0.138. The third kappa shape index (κ3) is 1.91. The molecular formula is C9H5BrF4O2. The van der Waals surface area contributed by atoms with Gasteiger partial charge >= 0.3 is 5.97 Å². The van der Waals surface area contributed by atoms with Crippen LogP contribution in [0.4, 0.5) is 17.6 Å². The first-order valence-corrected chi connectivity index (χ1v) is 4.82. The van der Waals surface area contributed by atoms with E-state index in [9.17, 15) is 22.4 Å². The summed E-state index contributed by atoms with van der Waals surface area (Å²) in [6.07, 6.45) is 0. The van der Waals surface area contributed by atoms with Crippen LogP contribution in [-0.2, 0) is 4.79 Å². The fraction of sp³-hybridized carbons (Fsp3) is 0.222. The maximum absolute atomic E-state index is 13.2. The molecule has 0 aliphatic heterocycles. The van der Waals surface area contributed by atoms with E-state index >= 15 is 0 Å². The molecule has 0 radical (unpaired) electrons. The third-order valence-corrected chi connectivity index (χ3v) is 2.74. The van der Waals surface area contributed by atoms with Crippen LogP contribution in [0.5, 0.6) is 0 Å². The zero-order valence-corrected chi connectivity index (χ0v) is 9.41. The van der Waals surface area contributed by atoms with Crippen molar-refractivity contribution in [3.8, 4) is 0 Å². The van der Waals surface area contributed by atoms with E-state index in [0.717, 1.165) is 6.92 Å². The summed E-state index contributed by atoms with van der Waals surface area (Å²) in [6.45, 7) is 0.927. The van der Waals surface area contributed by atoms with Crippen molar-refractivity contribution in [2.75, 3.05) is 0 Å². The monoisotopic (exact) mass is 300 g/mol. The number of benzene rings is 1. The van der Waals surface area contributed by atoms with E-state index in [1.165, 1.54) is 0 Å². The van der Waals surface area contributed by atoms with E-state index in [4.69, 9.17) is 5.11 Å². The Bertz CT molecular complexity index is 432. The van der Waals surface area contributed by atoms with Crippen molar-refractivity contribution < 1.29 is 27.5 Å². The fourth-order valence-electron chi connectivity index (χ4n) is 1.13. The van der Waals surface area contributed by atoms with Gasteiger partial charge in [-0.25, -0.2) is 17.6 Å². The zero-order valence-electron chi connectivity index (χ0n) is 7.82. The number of aliphatic carboxylic acids is 1. The Morgan fingerprint density at radius 1 is 1.12 bits per heavy atom. The van der Waals surface area contributed by atoms with Crippen LogP contribution in [0.3, 0.4) is 0 Å². The van der Waals surface area contributed by atoms with E-state index in [1.54, 1.807) is 0 Å². The van der Waals surface area contributed by atoms with Gasteiger partial charge < -0.3 is 5.11 Å². The van der Waals surface area contributed by atoms with Crippen LogP contribution < -0.4 is 0 Å². The first-order valence-electron chi connectivity index (χ1n) is 4.03. The number of hydrogen-bond acceptors (Lipinski definition) is 1. The van der Waals surface area contributed by atoms with Gasteiger partial charge in [-0.1, -0.05) is 0 Å². The highest BCUT2D eigenvalue weighted by molar-refractivity contribution is 9.10. The molecular weight excluding hydrogens is 296 g/mol. The molecule has 1 atom stereocenters. The average molecular weight is 301 g/mol. The first kappa shape index (κ1) is 13.0. The second-order valence-electron chi connectivity index (χ2n) is 3.04. The second kappa shape index (κ2) is 4.40. The average Bonchev–Trinajstić information content (AvgIpc) is 2.23. The number of rotatable bonds is 2. The molecule has 0 saturated carbocycles. The molecule has 1 aromatic rings. The first-order chi connectivity index (χ1) is 7.29. The SMILES string of the molecule is CC(C(=O)O)c1c(F)c(F)c(Br)c(F)c1F. The van der Waals surface area contributed by atoms with Crippen molar-refractivity contribution in [1.82, 2.24) is 0 Å². The van der Waals surface area contributed by atoms with E-state index in [2.05, 4.69) is 15.9 Å². The number of carbonyl (C=O) groups is 1. The van der Waals surface area contributed by atoms with Crippen molar-refractivity contribution in [2.45, 2.75) is 12.8 Å². The van der Waals surface area contributed by atoms with E-state index < -0.39 is 45.2 Å². The maximum Gasteiger partial charge on any atom is 0.310 e. The summed E-state index contributed by atoms with van der Waals surface area (Å²) in [5.41, 5.74) is -1.13. The van der Waals surface area contributed by atoms with Gasteiger partial charge in [-0.05, 0) is 22.9 Å². The van der Waals surface area contributed by atoms with E-state index in [0.29, 0.717) is 0 Å². The molecule has 0 bridgehead atoms. The largest absolute Gasteiger partial charge is 0.481 e. The molecule has 1 unspecified atom stereocenters. The van der Waals surface area contributed by atoms with Crippen molar-refractivity contribution >= 4 is 21.9 Å². The lowest BCUT2D eigenvalue weighted by atomic mass is 9.99. The Balaban J connectivity index is 3.57. The molecule has 0 aromatic heterocycles. The molecule has 0 fully saturated rings. The Morgan fingerprint density at radius 3 is 1.81 bits per heavy atom. The Kier molecular flexibility index (Phi) is 3.57. The highest BCUT2D eigenvalue weighted by Crippen LogP contribution is 2.32. The predicted molar refractivity (Wildman–Crippen MR) is 50.0 cm³/mol. The molecule has 2 nitrogen and oxygen atoms in total. The highest BCUT2D eigenvalue weighted by Gasteiger charge is 2.30. The van der Waals surface area contributed by atoms with Gasteiger partial charge in [-0.3, -0.25) is 4.79 Å². The predicted octanol–water partition coefficient (Wildman–Crippen LogP) is 3.19. The van der Waals surface area contributed by atoms with Crippen molar-refractivity contribution in [1.29, 1.82) is 0 Å². The molecule has 0 aliphatic rings. The second-order valence-corrected chi connectivity index (χ2v) is 3.84. The standard InChI is InChI=1S/C9H5BrF4O2/c1-2(9(15)16)3-5(11)7(13)4(10)8(14)6(3)12/h2H,1H3,(H,15,16). The van der Waals surface area contributed by atoms with Crippen LogP contribution in [0.1, 0.15) is 18.4 Å². The number of carboxylic acids is 1. The summed E-state index contributed by atoms with van der Waals surface area (Å²) >= 11 is 2.32. The molecule has 0 saturated heterocycles. The van der Waals surface area contributed by atoms with Crippen LogP contribution in [-0.4, -0.2) is 11.1 Å². The van der Waals surface area contributed by atoms with Crippen molar-refractivity contribution in [3.05, 3.63) is 33.3 Å². The van der Waals surface area contributed by atoms with Gasteiger partial charge in [0.05, 0.1) is 10.4 Å². The van der Waals surface area contributed by atoms with Crippen LogP contribution >= 0.6 is 15.9 Å². The van der Waals surface area contributed by atoms with Crippen LogP contribution in [0.2, 0.25) is 0 Å². The van der Waals surface area contributed by atoms with Crippen LogP contribution in [0.15, 0.2) is 4.47 Å². The van der Waals surface area contributed by atoms with Gasteiger partial charge in [0.1, 0.15) is 0 Å². The summed E-state index contributed by atoms with van der Waals surface area (Å²) in [7, 11) is 0. The van der Waals surface area contributed by atoms with E-state index in [-0.39, 0.29) is 0 Å². The lowest BCUT2D eigenvalue weighted by Gasteiger charge is -2.11. The van der Waals surface area contributed by atoms with Crippen LogP contribution in [0.25, 0.3) is 0 Å². The molecule has 1 aromatic carbocycles. The summed E-state index contributed by atoms with van der Waals surface area (Å²) in [5, 5.41) is 8.55. The lowest BCUT2D eigenvalue weighted by Crippen LogP contribution is -2.14. The molecule has 0 amide bonds.